The Morgan fingerprint density at radius 3 is 1.59 bits per heavy atom. The summed E-state index contributed by atoms with van der Waals surface area (Å²) in [4.78, 5) is 11.9. The van der Waals surface area contributed by atoms with Gasteiger partial charge in [0, 0.05) is 48.2 Å². The molecular formula is C38H34Br2F2N10O2. The van der Waals surface area contributed by atoms with E-state index in [0.29, 0.717) is 71.2 Å². The molecule has 12 nitrogen and oxygen atoms in total. The largest absolute Gasteiger partial charge is 0.494 e. The van der Waals surface area contributed by atoms with Crippen LogP contribution in [0, 0.1) is 34.3 Å². The van der Waals surface area contributed by atoms with Crippen molar-refractivity contribution in [3.05, 3.63) is 133 Å². The van der Waals surface area contributed by atoms with Crippen molar-refractivity contribution < 1.29 is 18.3 Å². The van der Waals surface area contributed by atoms with Crippen LogP contribution in [0.2, 0.25) is 0 Å². The second-order valence-corrected chi connectivity index (χ2v) is 13.2. The highest BCUT2D eigenvalue weighted by Crippen LogP contribution is 2.29. The van der Waals surface area contributed by atoms with Gasteiger partial charge in [0.05, 0.1) is 65.3 Å². The van der Waals surface area contributed by atoms with Crippen LogP contribution in [0.1, 0.15) is 77.3 Å². The van der Waals surface area contributed by atoms with E-state index in [2.05, 4.69) is 71.0 Å². The highest BCUT2D eigenvalue weighted by Gasteiger charge is 2.21. The summed E-state index contributed by atoms with van der Waals surface area (Å²) in [6, 6.07) is 12.6. The number of nitriles is 2. The fourth-order valence-electron chi connectivity index (χ4n) is 5.69. The van der Waals surface area contributed by atoms with E-state index in [0.717, 1.165) is 26.9 Å². The van der Waals surface area contributed by atoms with Gasteiger partial charge >= 0.3 is 0 Å². The molecule has 0 spiro atoms. The Bertz CT molecular complexity index is 2430. The normalized spacial score (nSPS) is 10.7. The first-order valence-electron chi connectivity index (χ1n) is 16.7. The van der Waals surface area contributed by atoms with Gasteiger partial charge in [-0.3, -0.25) is 14.2 Å². The monoisotopic (exact) mass is 858 g/mol. The van der Waals surface area contributed by atoms with Crippen LogP contribution in [0.25, 0.3) is 17.1 Å². The molecule has 16 heteroatoms. The van der Waals surface area contributed by atoms with Crippen molar-refractivity contribution in [2.24, 2.45) is 0 Å². The number of Topliss-reactive ketones (excluding diaryl/α,β-unsaturated/α-hetero) is 1. The number of hydrogen-bond donors (Lipinski definition) is 0. The molecule has 0 bridgehead atoms. The standard InChI is InChI=1S/C20H19BrFN5O.C18H15BrFN5O/c1-4-26-20(21)14(11-24-26)8-19-15(10-23)12-25-27(19)18-7-6-16(22)9-17(18)13(3)28-5-2;1-3-24-18(19)12(9-22-24)6-17-13(8-21)10-23-25(17)16-5-4-14(20)7-15(16)11(2)26/h6-7,9,11-12H,3-5,8H2,1-2H3;4-5,7,9-10H,3,6H2,1-2H3. The van der Waals surface area contributed by atoms with Gasteiger partial charge in [-0.05, 0) is 96.0 Å². The maximum atomic E-state index is 13.9. The van der Waals surface area contributed by atoms with Crippen LogP contribution in [0.15, 0.2) is 77.0 Å². The van der Waals surface area contributed by atoms with Crippen LogP contribution in [-0.4, -0.2) is 51.5 Å². The van der Waals surface area contributed by atoms with Gasteiger partial charge < -0.3 is 4.74 Å². The predicted octanol–water partition coefficient (Wildman–Crippen LogP) is 8.12. The number of aryl methyl sites for hydroxylation is 2. The molecule has 0 radical (unpaired) electrons. The zero-order chi connectivity index (χ0) is 39.1. The van der Waals surface area contributed by atoms with Crippen molar-refractivity contribution in [2.75, 3.05) is 6.61 Å². The predicted molar refractivity (Wildman–Crippen MR) is 204 cm³/mol. The number of nitrogens with zero attached hydrogens (tertiary/aromatic N) is 10. The molecule has 0 aliphatic rings. The summed E-state index contributed by atoms with van der Waals surface area (Å²) in [5, 5.41) is 36.2. The van der Waals surface area contributed by atoms with Crippen molar-refractivity contribution in [1.29, 1.82) is 10.5 Å². The van der Waals surface area contributed by atoms with E-state index >= 15 is 0 Å². The summed E-state index contributed by atoms with van der Waals surface area (Å²) < 4.78 is 41.4. The SMILES string of the molecule is C=C(OCC)c1cc(F)ccc1-n1ncc(C#N)c1Cc1cnn(CC)c1Br.CCn1ncc(Cc2c(C#N)cnn2-c2ccc(F)cc2C(C)=O)c1Br. The Morgan fingerprint density at radius 2 is 1.20 bits per heavy atom. The number of rotatable bonds is 12. The van der Waals surface area contributed by atoms with Crippen LogP contribution in [-0.2, 0) is 30.7 Å². The highest BCUT2D eigenvalue weighted by molar-refractivity contribution is 9.10. The first kappa shape index (κ1) is 39.5. The van der Waals surface area contributed by atoms with Gasteiger partial charge in [0.1, 0.15) is 38.7 Å². The van der Waals surface area contributed by atoms with Gasteiger partial charge in [0.2, 0.25) is 0 Å². The van der Waals surface area contributed by atoms with Crippen molar-refractivity contribution in [1.82, 2.24) is 39.1 Å². The van der Waals surface area contributed by atoms with E-state index in [1.54, 1.807) is 27.8 Å². The van der Waals surface area contributed by atoms with Gasteiger partial charge in [-0.2, -0.15) is 30.9 Å². The molecule has 54 heavy (non-hydrogen) atoms. The molecule has 4 heterocycles. The molecule has 0 fully saturated rings. The summed E-state index contributed by atoms with van der Waals surface area (Å²) in [5.74, 6) is -0.836. The number of ketones is 1. The third-order valence-corrected chi connectivity index (χ3v) is 10.2. The molecule has 0 unspecified atom stereocenters. The molecule has 0 saturated heterocycles. The molecule has 6 rings (SSSR count). The average Bonchev–Trinajstić information content (AvgIpc) is 3.94. The van der Waals surface area contributed by atoms with E-state index < -0.39 is 11.6 Å². The smallest absolute Gasteiger partial charge is 0.162 e. The molecular weight excluding hydrogens is 826 g/mol. The summed E-state index contributed by atoms with van der Waals surface area (Å²) in [5.41, 5.74) is 5.65. The molecule has 2 aromatic carbocycles. The van der Waals surface area contributed by atoms with Crippen LogP contribution >= 0.6 is 31.9 Å². The lowest BCUT2D eigenvalue weighted by atomic mass is 10.1. The lowest BCUT2D eigenvalue weighted by Gasteiger charge is -2.15. The number of carbonyl (C=O) groups is 1. The average molecular weight is 861 g/mol. The topological polar surface area (TPSA) is 145 Å². The lowest BCUT2D eigenvalue weighted by Crippen LogP contribution is -2.09. The van der Waals surface area contributed by atoms with Gasteiger partial charge in [-0.1, -0.05) is 6.58 Å². The van der Waals surface area contributed by atoms with Gasteiger partial charge in [-0.25, -0.2) is 18.1 Å². The molecule has 0 aliphatic heterocycles. The van der Waals surface area contributed by atoms with Crippen LogP contribution < -0.4 is 0 Å². The minimum Gasteiger partial charge on any atom is -0.494 e. The van der Waals surface area contributed by atoms with E-state index in [-0.39, 0.29) is 11.3 Å². The molecule has 0 N–H and O–H groups in total. The van der Waals surface area contributed by atoms with Crippen LogP contribution in [0.3, 0.4) is 0 Å². The van der Waals surface area contributed by atoms with Crippen molar-refractivity contribution in [2.45, 2.75) is 53.6 Å². The molecule has 276 valence electrons. The third kappa shape index (κ3) is 8.25. The summed E-state index contributed by atoms with van der Waals surface area (Å²) in [6.07, 6.45) is 7.25. The maximum absolute atomic E-state index is 13.9. The highest BCUT2D eigenvalue weighted by atomic mass is 79.9. The lowest BCUT2D eigenvalue weighted by molar-refractivity contribution is 0.101. The number of aromatic nitrogens is 8. The number of halogens is 4. The molecule has 0 aliphatic carbocycles. The first-order valence-corrected chi connectivity index (χ1v) is 18.3. The maximum Gasteiger partial charge on any atom is 0.162 e. The van der Waals surface area contributed by atoms with Gasteiger partial charge in [0.15, 0.2) is 5.78 Å². The Morgan fingerprint density at radius 1 is 0.759 bits per heavy atom. The van der Waals surface area contributed by atoms with Crippen LogP contribution in [0.5, 0.6) is 0 Å². The van der Waals surface area contributed by atoms with E-state index in [1.165, 1.54) is 54.3 Å². The second kappa shape index (κ2) is 17.4. The fraction of sp³-hybridized carbons (Fsp3) is 0.237. The molecule has 6 aromatic rings. The quantitative estimate of drug-likeness (QED) is 0.0887. The molecule has 0 atom stereocenters. The molecule has 0 amide bonds. The van der Waals surface area contributed by atoms with E-state index in [4.69, 9.17) is 4.74 Å². The van der Waals surface area contributed by atoms with Crippen molar-refractivity contribution >= 4 is 43.4 Å². The van der Waals surface area contributed by atoms with Gasteiger partial charge in [-0.15, -0.1) is 0 Å². The summed E-state index contributed by atoms with van der Waals surface area (Å²) in [7, 11) is 0. The second-order valence-electron chi connectivity index (χ2n) is 11.7. The number of ether oxygens (including phenoxy) is 1. The fourth-order valence-corrected chi connectivity index (χ4v) is 6.86. The number of carbonyl (C=O) groups excluding carboxylic acids is 1. The van der Waals surface area contributed by atoms with Crippen LogP contribution in [0.4, 0.5) is 8.78 Å². The Labute approximate surface area is 327 Å². The Kier molecular flexibility index (Phi) is 12.7. The van der Waals surface area contributed by atoms with E-state index in [9.17, 15) is 24.1 Å². The Balaban J connectivity index is 0.000000208. The molecule has 4 aromatic heterocycles. The van der Waals surface area contributed by atoms with Gasteiger partial charge in [0.25, 0.3) is 0 Å². The zero-order valence-electron chi connectivity index (χ0n) is 29.8. The summed E-state index contributed by atoms with van der Waals surface area (Å²) >= 11 is 7.07. The van der Waals surface area contributed by atoms with E-state index in [1.807, 2.05) is 25.5 Å². The summed E-state index contributed by atoms with van der Waals surface area (Å²) in [6.45, 7) is 12.9. The minimum atomic E-state index is -0.500. The Hall–Kier alpha value is -5.71. The molecule has 0 saturated carbocycles. The van der Waals surface area contributed by atoms with Crippen molar-refractivity contribution in [3.63, 3.8) is 0 Å². The first-order chi connectivity index (χ1) is 25.9. The minimum absolute atomic E-state index is 0.210. The zero-order valence-corrected chi connectivity index (χ0v) is 33.0. The number of benzene rings is 2. The van der Waals surface area contributed by atoms with Crippen molar-refractivity contribution in [3.8, 4) is 23.5 Å². The number of hydrogen-bond acceptors (Lipinski definition) is 8. The third-order valence-electron chi connectivity index (χ3n) is 8.35.